The Morgan fingerprint density at radius 2 is 1.81 bits per heavy atom. The lowest BCUT2D eigenvalue weighted by Crippen LogP contribution is -2.26. The lowest BCUT2D eigenvalue weighted by Gasteiger charge is -2.18. The summed E-state index contributed by atoms with van der Waals surface area (Å²) in [4.78, 5) is 13.8. The van der Waals surface area contributed by atoms with Crippen LogP contribution in [-0.2, 0) is 0 Å². The SMILES string of the molecule is CN(C(=O)c1cccc(O)c1)c1cccc(C(N)=NO)c1. The number of rotatable bonds is 3. The molecule has 0 spiro atoms. The molecule has 6 nitrogen and oxygen atoms in total. The van der Waals surface area contributed by atoms with Crippen LogP contribution >= 0.6 is 0 Å². The number of benzene rings is 2. The highest BCUT2D eigenvalue weighted by atomic mass is 16.4. The van der Waals surface area contributed by atoms with Crippen LogP contribution < -0.4 is 10.6 Å². The predicted octanol–water partition coefficient (Wildman–Crippen LogP) is 1.76. The van der Waals surface area contributed by atoms with Crippen molar-refractivity contribution in [3.05, 3.63) is 59.7 Å². The van der Waals surface area contributed by atoms with Crippen LogP contribution in [0.15, 0.2) is 53.7 Å². The zero-order valence-corrected chi connectivity index (χ0v) is 11.4. The van der Waals surface area contributed by atoms with Crippen LogP contribution in [0.1, 0.15) is 15.9 Å². The van der Waals surface area contributed by atoms with E-state index >= 15 is 0 Å². The standard InChI is InChI=1S/C15H15N3O3/c1-18(15(20)11-5-3-7-13(19)9-11)12-6-2-4-10(8-12)14(16)17-21/h2-9,19,21H,1H3,(H2,16,17). The maximum Gasteiger partial charge on any atom is 0.258 e. The Balaban J connectivity index is 2.31. The number of phenols is 1. The number of amides is 1. The largest absolute Gasteiger partial charge is 0.508 e. The Bertz CT molecular complexity index is 698. The molecular weight excluding hydrogens is 270 g/mol. The number of aromatic hydroxyl groups is 1. The van der Waals surface area contributed by atoms with Crippen molar-refractivity contribution in [3.63, 3.8) is 0 Å². The quantitative estimate of drug-likeness (QED) is 0.346. The van der Waals surface area contributed by atoms with Crippen molar-refractivity contribution in [3.8, 4) is 5.75 Å². The van der Waals surface area contributed by atoms with Crippen molar-refractivity contribution in [2.24, 2.45) is 10.9 Å². The van der Waals surface area contributed by atoms with E-state index in [-0.39, 0.29) is 17.5 Å². The van der Waals surface area contributed by atoms with Gasteiger partial charge in [0.25, 0.3) is 5.91 Å². The van der Waals surface area contributed by atoms with E-state index in [1.165, 1.54) is 17.0 Å². The van der Waals surface area contributed by atoms with Crippen molar-refractivity contribution < 1.29 is 15.1 Å². The minimum absolute atomic E-state index is 0.0275. The fraction of sp³-hybridized carbons (Fsp3) is 0.0667. The van der Waals surface area contributed by atoms with Gasteiger partial charge >= 0.3 is 0 Å². The van der Waals surface area contributed by atoms with E-state index in [4.69, 9.17) is 10.9 Å². The number of hydrogen-bond donors (Lipinski definition) is 3. The molecule has 21 heavy (non-hydrogen) atoms. The van der Waals surface area contributed by atoms with Gasteiger partial charge in [-0.1, -0.05) is 23.4 Å². The first kappa shape index (κ1) is 14.4. The van der Waals surface area contributed by atoms with Gasteiger partial charge in [-0.05, 0) is 30.3 Å². The average molecular weight is 285 g/mol. The summed E-state index contributed by atoms with van der Waals surface area (Å²) in [7, 11) is 1.61. The number of hydrogen-bond acceptors (Lipinski definition) is 4. The molecule has 0 radical (unpaired) electrons. The van der Waals surface area contributed by atoms with Gasteiger partial charge in [-0.3, -0.25) is 4.79 Å². The lowest BCUT2D eigenvalue weighted by atomic mass is 10.1. The molecule has 108 valence electrons. The Kier molecular flexibility index (Phi) is 4.08. The van der Waals surface area contributed by atoms with E-state index in [0.29, 0.717) is 16.8 Å². The molecule has 0 aliphatic rings. The molecule has 0 aliphatic heterocycles. The van der Waals surface area contributed by atoms with Crippen LogP contribution in [0.25, 0.3) is 0 Å². The summed E-state index contributed by atoms with van der Waals surface area (Å²) in [5.74, 6) is -0.280. The highest BCUT2D eigenvalue weighted by molar-refractivity contribution is 6.06. The second-order valence-corrected chi connectivity index (χ2v) is 4.45. The molecule has 0 atom stereocenters. The number of oxime groups is 1. The molecule has 0 aliphatic carbocycles. The molecular formula is C15H15N3O3. The van der Waals surface area contributed by atoms with Crippen molar-refractivity contribution in [1.82, 2.24) is 0 Å². The van der Waals surface area contributed by atoms with Crippen LogP contribution in [-0.4, -0.2) is 29.1 Å². The van der Waals surface area contributed by atoms with E-state index in [1.54, 1.807) is 43.4 Å². The van der Waals surface area contributed by atoms with Crippen LogP contribution in [0.5, 0.6) is 5.75 Å². The molecule has 0 heterocycles. The number of amidine groups is 1. The smallest absolute Gasteiger partial charge is 0.258 e. The molecule has 4 N–H and O–H groups in total. The fourth-order valence-electron chi connectivity index (χ4n) is 1.88. The Labute approximate surface area is 121 Å². The van der Waals surface area contributed by atoms with Gasteiger partial charge in [-0.25, -0.2) is 0 Å². The van der Waals surface area contributed by atoms with E-state index < -0.39 is 0 Å². The lowest BCUT2D eigenvalue weighted by molar-refractivity contribution is 0.0992. The van der Waals surface area contributed by atoms with Crippen molar-refractivity contribution >= 4 is 17.4 Å². The third-order valence-corrected chi connectivity index (χ3v) is 3.03. The number of carbonyl (C=O) groups excluding carboxylic acids is 1. The monoisotopic (exact) mass is 285 g/mol. The summed E-state index contributed by atoms with van der Waals surface area (Å²) in [6.45, 7) is 0. The van der Waals surface area contributed by atoms with Crippen LogP contribution in [0.4, 0.5) is 5.69 Å². The first-order valence-electron chi connectivity index (χ1n) is 6.18. The van der Waals surface area contributed by atoms with Crippen LogP contribution in [0.3, 0.4) is 0 Å². The number of anilines is 1. The topological polar surface area (TPSA) is 99.2 Å². The molecule has 0 bridgehead atoms. The second-order valence-electron chi connectivity index (χ2n) is 4.45. The van der Waals surface area contributed by atoms with Gasteiger partial charge in [-0.15, -0.1) is 0 Å². The third kappa shape index (κ3) is 3.11. The third-order valence-electron chi connectivity index (χ3n) is 3.03. The van der Waals surface area contributed by atoms with Crippen LogP contribution in [0.2, 0.25) is 0 Å². The number of phenolic OH excluding ortho intramolecular Hbond substituents is 1. The van der Waals surface area contributed by atoms with Gasteiger partial charge < -0.3 is 20.9 Å². The van der Waals surface area contributed by atoms with E-state index in [0.717, 1.165) is 0 Å². The first-order valence-corrected chi connectivity index (χ1v) is 6.18. The molecule has 2 rings (SSSR count). The van der Waals surface area contributed by atoms with Gasteiger partial charge in [0.2, 0.25) is 0 Å². The Morgan fingerprint density at radius 1 is 1.14 bits per heavy atom. The zero-order chi connectivity index (χ0) is 15.4. The van der Waals surface area contributed by atoms with Gasteiger partial charge in [0.1, 0.15) is 5.75 Å². The predicted molar refractivity (Wildman–Crippen MR) is 79.8 cm³/mol. The molecule has 0 unspecified atom stereocenters. The fourth-order valence-corrected chi connectivity index (χ4v) is 1.88. The first-order chi connectivity index (χ1) is 10.0. The van der Waals surface area contributed by atoms with Gasteiger partial charge in [0.15, 0.2) is 5.84 Å². The zero-order valence-electron chi connectivity index (χ0n) is 11.4. The molecule has 0 aromatic heterocycles. The van der Waals surface area contributed by atoms with Gasteiger partial charge in [0, 0.05) is 23.9 Å². The number of nitrogens with zero attached hydrogens (tertiary/aromatic N) is 2. The van der Waals surface area contributed by atoms with Gasteiger partial charge in [0.05, 0.1) is 0 Å². The maximum absolute atomic E-state index is 12.4. The summed E-state index contributed by atoms with van der Waals surface area (Å²) in [5, 5.41) is 21.1. The summed E-state index contributed by atoms with van der Waals surface area (Å²) in [5.41, 5.74) is 7.00. The normalized spacial score (nSPS) is 11.2. The summed E-state index contributed by atoms with van der Waals surface area (Å²) < 4.78 is 0. The van der Waals surface area contributed by atoms with Gasteiger partial charge in [-0.2, -0.15) is 0 Å². The Hall–Kier alpha value is -3.02. The summed E-state index contributed by atoms with van der Waals surface area (Å²) in [6, 6.07) is 12.8. The second kappa shape index (κ2) is 5.96. The molecule has 6 heteroatoms. The molecule has 2 aromatic rings. The summed E-state index contributed by atoms with van der Waals surface area (Å²) >= 11 is 0. The molecule has 0 fully saturated rings. The van der Waals surface area contributed by atoms with E-state index in [2.05, 4.69) is 5.16 Å². The van der Waals surface area contributed by atoms with Crippen molar-refractivity contribution in [1.29, 1.82) is 0 Å². The Morgan fingerprint density at radius 3 is 2.48 bits per heavy atom. The van der Waals surface area contributed by atoms with Crippen molar-refractivity contribution in [2.75, 3.05) is 11.9 Å². The minimum atomic E-state index is -0.275. The number of nitrogens with two attached hydrogens (primary N) is 1. The van der Waals surface area contributed by atoms with E-state index in [1.807, 2.05) is 0 Å². The highest BCUT2D eigenvalue weighted by Crippen LogP contribution is 2.19. The van der Waals surface area contributed by atoms with E-state index in [9.17, 15) is 9.90 Å². The average Bonchev–Trinajstić information content (AvgIpc) is 2.52. The highest BCUT2D eigenvalue weighted by Gasteiger charge is 2.14. The maximum atomic E-state index is 12.4. The summed E-state index contributed by atoms with van der Waals surface area (Å²) in [6.07, 6.45) is 0. The molecule has 0 saturated heterocycles. The van der Waals surface area contributed by atoms with Crippen LogP contribution in [0, 0.1) is 0 Å². The minimum Gasteiger partial charge on any atom is -0.508 e. The molecule has 2 aromatic carbocycles. The molecule has 0 saturated carbocycles. The molecule has 1 amide bonds. The number of carbonyl (C=O) groups is 1. The van der Waals surface area contributed by atoms with Crippen molar-refractivity contribution in [2.45, 2.75) is 0 Å².